The Bertz CT molecular complexity index is 352. The third-order valence-electron chi connectivity index (χ3n) is 2.65. The lowest BCUT2D eigenvalue weighted by Crippen LogP contribution is -2.35. The van der Waals surface area contributed by atoms with E-state index in [0.29, 0.717) is 6.61 Å². The summed E-state index contributed by atoms with van der Waals surface area (Å²) in [5, 5.41) is 0. The molecule has 1 amide bonds. The first kappa shape index (κ1) is 14.7. The second kappa shape index (κ2) is 7.84. The van der Waals surface area contributed by atoms with E-state index in [1.54, 1.807) is 11.9 Å². The molecule has 0 atom stereocenters. The van der Waals surface area contributed by atoms with Crippen molar-refractivity contribution < 1.29 is 9.53 Å². The summed E-state index contributed by atoms with van der Waals surface area (Å²) < 4.78 is 5.40. The molecule has 18 heavy (non-hydrogen) atoms. The molecule has 0 aromatic heterocycles. The molecule has 0 aliphatic carbocycles. The molecule has 0 fully saturated rings. The highest BCUT2D eigenvalue weighted by Gasteiger charge is 2.08. The number of rotatable bonds is 7. The second-order valence-electron chi connectivity index (χ2n) is 4.60. The summed E-state index contributed by atoms with van der Waals surface area (Å²) in [5.41, 5.74) is 1.08. The lowest BCUT2D eigenvalue weighted by Gasteiger charge is -2.19. The van der Waals surface area contributed by atoms with E-state index in [0.717, 1.165) is 18.7 Å². The predicted molar refractivity (Wildman–Crippen MR) is 72.3 cm³/mol. The van der Waals surface area contributed by atoms with Gasteiger partial charge in [-0.2, -0.15) is 0 Å². The Morgan fingerprint density at radius 2 is 1.78 bits per heavy atom. The number of likely N-dealkylation sites (N-methyl/N-ethyl adjacent to an activating group) is 2. The van der Waals surface area contributed by atoms with E-state index in [1.807, 2.05) is 44.4 Å². The molecule has 0 spiro atoms. The van der Waals surface area contributed by atoms with Crippen LogP contribution in [0, 0.1) is 0 Å². The smallest absolute Gasteiger partial charge is 0.248 e. The van der Waals surface area contributed by atoms with E-state index in [2.05, 4.69) is 4.90 Å². The highest BCUT2D eigenvalue weighted by Crippen LogP contribution is 2.00. The Hall–Kier alpha value is -1.39. The quantitative estimate of drug-likeness (QED) is 0.729. The molecule has 0 aliphatic heterocycles. The maximum Gasteiger partial charge on any atom is 0.248 e. The molecule has 1 rings (SSSR count). The largest absolute Gasteiger partial charge is 0.367 e. The molecule has 4 heteroatoms. The Morgan fingerprint density at radius 3 is 2.39 bits per heavy atom. The van der Waals surface area contributed by atoms with Gasteiger partial charge in [-0.25, -0.2) is 0 Å². The van der Waals surface area contributed by atoms with E-state index in [9.17, 15) is 4.79 Å². The third-order valence-corrected chi connectivity index (χ3v) is 2.65. The molecule has 4 nitrogen and oxygen atoms in total. The van der Waals surface area contributed by atoms with Crippen molar-refractivity contribution in [2.75, 3.05) is 40.8 Å². The molecule has 0 radical (unpaired) electrons. The Labute approximate surface area is 109 Å². The fraction of sp³-hybridized carbons (Fsp3) is 0.500. The number of carbonyl (C=O) groups is 1. The van der Waals surface area contributed by atoms with Crippen molar-refractivity contribution in [3.05, 3.63) is 35.9 Å². The van der Waals surface area contributed by atoms with Gasteiger partial charge in [-0.1, -0.05) is 30.3 Å². The molecule has 0 saturated heterocycles. The van der Waals surface area contributed by atoms with Crippen LogP contribution in [0.2, 0.25) is 0 Å². The molecular weight excluding hydrogens is 228 g/mol. The van der Waals surface area contributed by atoms with Crippen molar-refractivity contribution in [1.82, 2.24) is 9.80 Å². The van der Waals surface area contributed by atoms with Crippen molar-refractivity contribution in [2.24, 2.45) is 0 Å². The van der Waals surface area contributed by atoms with Crippen LogP contribution in [-0.4, -0.2) is 56.5 Å². The number of carbonyl (C=O) groups excluding carboxylic acids is 1. The fourth-order valence-corrected chi connectivity index (χ4v) is 1.42. The minimum atomic E-state index is 0.0211. The highest BCUT2D eigenvalue weighted by molar-refractivity contribution is 5.77. The number of hydrogen-bond donors (Lipinski definition) is 0. The van der Waals surface area contributed by atoms with E-state index in [-0.39, 0.29) is 12.5 Å². The number of nitrogens with zero attached hydrogens (tertiary/aromatic N) is 2. The van der Waals surface area contributed by atoms with Crippen LogP contribution >= 0.6 is 0 Å². The maximum atomic E-state index is 11.7. The van der Waals surface area contributed by atoms with Crippen molar-refractivity contribution in [3.8, 4) is 0 Å². The van der Waals surface area contributed by atoms with Crippen molar-refractivity contribution in [3.63, 3.8) is 0 Å². The van der Waals surface area contributed by atoms with Gasteiger partial charge >= 0.3 is 0 Å². The monoisotopic (exact) mass is 250 g/mol. The number of amides is 1. The van der Waals surface area contributed by atoms with E-state index in [1.165, 1.54) is 0 Å². The van der Waals surface area contributed by atoms with E-state index in [4.69, 9.17) is 4.74 Å². The van der Waals surface area contributed by atoms with Gasteiger partial charge in [-0.15, -0.1) is 0 Å². The summed E-state index contributed by atoms with van der Waals surface area (Å²) >= 11 is 0. The van der Waals surface area contributed by atoms with Crippen molar-refractivity contribution in [2.45, 2.75) is 6.61 Å². The predicted octanol–water partition coefficient (Wildman–Crippen LogP) is 1.22. The summed E-state index contributed by atoms with van der Waals surface area (Å²) in [6.07, 6.45) is 0. The van der Waals surface area contributed by atoms with Gasteiger partial charge in [0.05, 0.1) is 6.61 Å². The van der Waals surface area contributed by atoms with Crippen LogP contribution in [0.5, 0.6) is 0 Å². The minimum Gasteiger partial charge on any atom is -0.367 e. The van der Waals surface area contributed by atoms with Gasteiger partial charge in [0.1, 0.15) is 6.61 Å². The average Bonchev–Trinajstić information content (AvgIpc) is 2.37. The van der Waals surface area contributed by atoms with Gasteiger partial charge in [-0.3, -0.25) is 4.79 Å². The zero-order valence-corrected chi connectivity index (χ0v) is 11.4. The topological polar surface area (TPSA) is 32.8 Å². The van der Waals surface area contributed by atoms with Gasteiger partial charge in [0.15, 0.2) is 0 Å². The minimum absolute atomic E-state index is 0.0211. The molecule has 0 heterocycles. The van der Waals surface area contributed by atoms with Gasteiger partial charge in [0, 0.05) is 20.1 Å². The summed E-state index contributed by atoms with van der Waals surface area (Å²) in [6, 6.07) is 9.86. The first-order chi connectivity index (χ1) is 8.59. The lowest BCUT2D eigenvalue weighted by molar-refractivity contribution is -0.135. The molecule has 1 aromatic rings. The SMILES string of the molecule is CN(C)CCN(C)C(=O)COCc1ccccc1. The van der Waals surface area contributed by atoms with Gasteiger partial charge in [-0.05, 0) is 19.7 Å². The number of ether oxygens (including phenoxy) is 1. The first-order valence-corrected chi connectivity index (χ1v) is 6.10. The zero-order valence-electron chi connectivity index (χ0n) is 11.4. The Morgan fingerprint density at radius 1 is 1.11 bits per heavy atom. The van der Waals surface area contributed by atoms with Crippen LogP contribution < -0.4 is 0 Å². The van der Waals surface area contributed by atoms with Crippen LogP contribution in [0.25, 0.3) is 0 Å². The molecule has 0 unspecified atom stereocenters. The Balaban J connectivity index is 2.20. The van der Waals surface area contributed by atoms with Crippen LogP contribution in [0.1, 0.15) is 5.56 Å². The van der Waals surface area contributed by atoms with Gasteiger partial charge < -0.3 is 14.5 Å². The average molecular weight is 250 g/mol. The second-order valence-corrected chi connectivity index (χ2v) is 4.60. The van der Waals surface area contributed by atoms with Crippen LogP contribution in [-0.2, 0) is 16.1 Å². The molecule has 100 valence electrons. The van der Waals surface area contributed by atoms with E-state index >= 15 is 0 Å². The molecule has 1 aromatic carbocycles. The third kappa shape index (κ3) is 5.80. The van der Waals surface area contributed by atoms with Crippen LogP contribution in [0.3, 0.4) is 0 Å². The fourth-order valence-electron chi connectivity index (χ4n) is 1.42. The zero-order chi connectivity index (χ0) is 13.4. The maximum absolute atomic E-state index is 11.7. The molecule has 0 aliphatic rings. The van der Waals surface area contributed by atoms with Crippen LogP contribution in [0.4, 0.5) is 0 Å². The van der Waals surface area contributed by atoms with Crippen molar-refractivity contribution in [1.29, 1.82) is 0 Å². The molecule has 0 N–H and O–H groups in total. The standard InChI is InChI=1S/C14H22N2O2/c1-15(2)9-10-16(3)14(17)12-18-11-13-7-5-4-6-8-13/h4-8H,9-12H2,1-3H3. The van der Waals surface area contributed by atoms with Gasteiger partial charge in [0.25, 0.3) is 0 Å². The summed E-state index contributed by atoms with van der Waals surface area (Å²) in [5.74, 6) is 0.0211. The number of hydrogen-bond acceptors (Lipinski definition) is 3. The number of benzene rings is 1. The normalized spacial score (nSPS) is 10.7. The molecule has 0 bridgehead atoms. The molecular formula is C14H22N2O2. The molecule has 0 saturated carbocycles. The van der Waals surface area contributed by atoms with E-state index < -0.39 is 0 Å². The van der Waals surface area contributed by atoms with Crippen molar-refractivity contribution >= 4 is 5.91 Å². The van der Waals surface area contributed by atoms with Gasteiger partial charge in [0.2, 0.25) is 5.91 Å². The summed E-state index contributed by atoms with van der Waals surface area (Å²) in [4.78, 5) is 15.5. The lowest BCUT2D eigenvalue weighted by atomic mass is 10.2. The van der Waals surface area contributed by atoms with Crippen LogP contribution in [0.15, 0.2) is 30.3 Å². The summed E-state index contributed by atoms with van der Waals surface area (Å²) in [6.45, 7) is 2.20. The first-order valence-electron chi connectivity index (χ1n) is 6.10. The Kier molecular flexibility index (Phi) is 6.39. The highest BCUT2D eigenvalue weighted by atomic mass is 16.5. The summed E-state index contributed by atoms with van der Waals surface area (Å²) in [7, 11) is 5.78.